The molecule has 1 atom stereocenters. The summed E-state index contributed by atoms with van der Waals surface area (Å²) >= 11 is 7.96. The lowest BCUT2D eigenvalue weighted by Gasteiger charge is -2.11. The Bertz CT molecular complexity index is 430. The van der Waals surface area contributed by atoms with Crippen molar-refractivity contribution in [3.8, 4) is 0 Å². The van der Waals surface area contributed by atoms with E-state index in [1.807, 2.05) is 5.38 Å². The van der Waals surface area contributed by atoms with Crippen LogP contribution < -0.4 is 5.32 Å². The van der Waals surface area contributed by atoms with Crippen LogP contribution in [0.15, 0.2) is 9.17 Å². The Labute approximate surface area is 107 Å². The Morgan fingerprint density at radius 1 is 1.67 bits per heavy atom. The molecule has 0 bridgehead atoms. The molecule has 1 aromatic rings. The van der Waals surface area contributed by atoms with E-state index in [-0.39, 0.29) is 23.1 Å². The molecule has 3 nitrogen and oxygen atoms in total. The number of carbonyl (C=O) groups is 2. The topological polar surface area (TPSA) is 46.2 Å². The van der Waals surface area contributed by atoms with Gasteiger partial charge in [-0.2, -0.15) is 0 Å². The van der Waals surface area contributed by atoms with E-state index in [0.717, 1.165) is 14.9 Å². The van der Waals surface area contributed by atoms with Gasteiger partial charge in [0.15, 0.2) is 5.78 Å². The first-order valence-electron chi connectivity index (χ1n) is 4.29. The molecule has 0 aliphatic heterocycles. The van der Waals surface area contributed by atoms with E-state index < -0.39 is 0 Å². The number of thiophene rings is 1. The minimum absolute atomic E-state index is 0.0984. The van der Waals surface area contributed by atoms with Gasteiger partial charge >= 0.3 is 0 Å². The van der Waals surface area contributed by atoms with Crippen LogP contribution in [0.3, 0.4) is 0 Å². The van der Waals surface area contributed by atoms with Crippen molar-refractivity contribution in [1.82, 2.24) is 5.32 Å². The number of carbonyl (C=O) groups excluding carboxylic acids is 2. The number of fused-ring (bicyclic) bond motifs is 1. The maximum Gasteiger partial charge on any atom is 0.231 e. The van der Waals surface area contributed by atoms with E-state index in [2.05, 4.69) is 37.2 Å². The number of Topliss-reactive ketones (excluding diaryl/α,β-unsaturated/α-hetero) is 1. The summed E-state index contributed by atoms with van der Waals surface area (Å²) in [5.74, 6) is 0.00516. The Balaban J connectivity index is 2.27. The molecule has 1 aromatic heterocycles. The zero-order chi connectivity index (χ0) is 11.0. The van der Waals surface area contributed by atoms with Gasteiger partial charge in [0, 0.05) is 22.9 Å². The van der Waals surface area contributed by atoms with E-state index in [0.29, 0.717) is 6.42 Å². The fraction of sp³-hybridized carbons (Fsp3) is 0.333. The highest BCUT2D eigenvalue weighted by molar-refractivity contribution is 9.11. The SMILES string of the molecule is O=C(CBr)NC1CC(=O)c2csc(Br)c21. The monoisotopic (exact) mass is 351 g/mol. The molecule has 0 fully saturated rings. The Hall–Kier alpha value is -0.200. The fourth-order valence-electron chi connectivity index (χ4n) is 1.64. The Kier molecular flexibility index (Phi) is 3.27. The van der Waals surface area contributed by atoms with Crippen LogP contribution in [0.4, 0.5) is 0 Å². The van der Waals surface area contributed by atoms with Crippen molar-refractivity contribution in [3.63, 3.8) is 0 Å². The summed E-state index contributed by atoms with van der Waals surface area (Å²) in [4.78, 5) is 22.8. The molecule has 80 valence electrons. The van der Waals surface area contributed by atoms with Gasteiger partial charge in [0.25, 0.3) is 0 Å². The van der Waals surface area contributed by atoms with Crippen molar-refractivity contribution >= 4 is 54.9 Å². The summed E-state index contributed by atoms with van der Waals surface area (Å²) in [7, 11) is 0. The summed E-state index contributed by atoms with van der Waals surface area (Å²) in [5, 5.41) is 4.91. The molecule has 0 radical (unpaired) electrons. The molecule has 1 N–H and O–H groups in total. The summed E-state index contributed by atoms with van der Waals surface area (Å²) in [6.45, 7) is 0. The van der Waals surface area contributed by atoms with Gasteiger partial charge < -0.3 is 5.32 Å². The third kappa shape index (κ3) is 2.03. The molecule has 1 aliphatic carbocycles. The summed E-state index contributed by atoms with van der Waals surface area (Å²) in [6.07, 6.45) is 0.371. The first kappa shape index (κ1) is 11.3. The maximum absolute atomic E-state index is 11.6. The van der Waals surface area contributed by atoms with Gasteiger partial charge in [-0.1, -0.05) is 15.9 Å². The molecule has 1 heterocycles. The number of rotatable bonds is 2. The summed E-state index contributed by atoms with van der Waals surface area (Å²) in [6, 6.07) is -0.168. The molecule has 1 amide bonds. The van der Waals surface area contributed by atoms with Crippen LogP contribution in [0.1, 0.15) is 28.4 Å². The zero-order valence-electron chi connectivity index (χ0n) is 7.55. The number of hydrogen-bond donors (Lipinski definition) is 1. The van der Waals surface area contributed by atoms with Gasteiger partial charge in [0.2, 0.25) is 5.91 Å². The number of nitrogens with one attached hydrogen (secondary N) is 1. The number of ketones is 1. The van der Waals surface area contributed by atoms with Crippen LogP contribution in [0, 0.1) is 0 Å². The highest BCUT2D eigenvalue weighted by Crippen LogP contribution is 2.40. The normalized spacial score (nSPS) is 19.1. The van der Waals surface area contributed by atoms with E-state index >= 15 is 0 Å². The van der Waals surface area contributed by atoms with Crippen LogP contribution in [0.2, 0.25) is 0 Å². The van der Waals surface area contributed by atoms with Crippen molar-refractivity contribution in [3.05, 3.63) is 20.3 Å². The lowest BCUT2D eigenvalue weighted by atomic mass is 10.2. The molecule has 6 heteroatoms. The van der Waals surface area contributed by atoms with Crippen molar-refractivity contribution < 1.29 is 9.59 Å². The van der Waals surface area contributed by atoms with E-state index in [9.17, 15) is 9.59 Å². The van der Waals surface area contributed by atoms with Gasteiger partial charge in [-0.05, 0) is 15.9 Å². The smallest absolute Gasteiger partial charge is 0.231 e. The van der Waals surface area contributed by atoms with Crippen LogP contribution in [-0.2, 0) is 4.79 Å². The van der Waals surface area contributed by atoms with E-state index in [1.54, 1.807) is 0 Å². The van der Waals surface area contributed by atoms with Crippen molar-refractivity contribution in [1.29, 1.82) is 0 Å². The van der Waals surface area contributed by atoms with Gasteiger partial charge in [-0.3, -0.25) is 9.59 Å². The predicted molar refractivity (Wildman–Crippen MR) is 65.6 cm³/mol. The number of hydrogen-bond acceptors (Lipinski definition) is 3. The van der Waals surface area contributed by atoms with Crippen LogP contribution in [0.5, 0.6) is 0 Å². The van der Waals surface area contributed by atoms with Crippen LogP contribution >= 0.6 is 43.2 Å². The maximum atomic E-state index is 11.6. The highest BCUT2D eigenvalue weighted by atomic mass is 79.9. The average Bonchev–Trinajstić information content (AvgIpc) is 2.71. The second-order valence-electron chi connectivity index (χ2n) is 3.22. The second kappa shape index (κ2) is 4.35. The molecule has 0 saturated carbocycles. The van der Waals surface area contributed by atoms with Crippen molar-refractivity contribution in [2.24, 2.45) is 0 Å². The molecule has 0 aromatic carbocycles. The van der Waals surface area contributed by atoms with Gasteiger partial charge in [0.1, 0.15) is 0 Å². The number of amides is 1. The molecular formula is C9H7Br2NO2S. The fourth-order valence-corrected chi connectivity index (χ4v) is 3.43. The molecular weight excluding hydrogens is 346 g/mol. The number of alkyl halides is 1. The first-order valence-corrected chi connectivity index (χ1v) is 7.08. The molecule has 0 saturated heterocycles. The average molecular weight is 353 g/mol. The van der Waals surface area contributed by atoms with Crippen molar-refractivity contribution in [2.45, 2.75) is 12.5 Å². The summed E-state index contributed by atoms with van der Waals surface area (Å²) in [5.41, 5.74) is 1.67. The minimum atomic E-state index is -0.168. The molecule has 0 spiro atoms. The molecule has 1 unspecified atom stereocenters. The van der Waals surface area contributed by atoms with E-state index in [4.69, 9.17) is 0 Å². The van der Waals surface area contributed by atoms with Gasteiger partial charge in [-0.25, -0.2) is 0 Å². The lowest BCUT2D eigenvalue weighted by molar-refractivity contribution is -0.119. The van der Waals surface area contributed by atoms with Gasteiger partial charge in [0.05, 0.1) is 15.2 Å². The summed E-state index contributed by atoms with van der Waals surface area (Å²) < 4.78 is 0.934. The van der Waals surface area contributed by atoms with Crippen LogP contribution in [-0.4, -0.2) is 17.0 Å². The third-order valence-corrected chi connectivity index (χ3v) is 4.55. The molecule has 15 heavy (non-hydrogen) atoms. The Morgan fingerprint density at radius 3 is 3.07 bits per heavy atom. The largest absolute Gasteiger partial charge is 0.348 e. The molecule has 2 rings (SSSR count). The van der Waals surface area contributed by atoms with Gasteiger partial charge in [-0.15, -0.1) is 11.3 Å². The number of halogens is 2. The lowest BCUT2D eigenvalue weighted by Crippen LogP contribution is -2.28. The highest BCUT2D eigenvalue weighted by Gasteiger charge is 2.33. The second-order valence-corrected chi connectivity index (χ2v) is 5.98. The minimum Gasteiger partial charge on any atom is -0.348 e. The third-order valence-electron chi connectivity index (χ3n) is 2.28. The standard InChI is InChI=1S/C9H7Br2NO2S/c10-2-7(14)12-5-1-6(13)4-3-15-9(11)8(4)5/h3,5H,1-2H2,(H,12,14). The predicted octanol–water partition coefficient (Wildman–Crippen LogP) is 2.65. The molecule has 1 aliphatic rings. The zero-order valence-corrected chi connectivity index (χ0v) is 11.5. The van der Waals surface area contributed by atoms with Crippen LogP contribution in [0.25, 0.3) is 0 Å². The first-order chi connectivity index (χ1) is 7.13. The quantitative estimate of drug-likeness (QED) is 0.832. The Morgan fingerprint density at radius 2 is 2.40 bits per heavy atom. The van der Waals surface area contributed by atoms with E-state index in [1.165, 1.54) is 11.3 Å². The van der Waals surface area contributed by atoms with Crippen molar-refractivity contribution in [2.75, 3.05) is 5.33 Å².